The quantitative estimate of drug-likeness (QED) is 0.832. The molecule has 1 heterocycles. The van der Waals surface area contributed by atoms with Gasteiger partial charge in [-0.3, -0.25) is 4.79 Å². The summed E-state index contributed by atoms with van der Waals surface area (Å²) in [6, 6.07) is 4.59. The molecule has 1 atom stereocenters. The molecular weight excluding hydrogens is 280 g/mol. The Labute approximate surface area is 120 Å². The van der Waals surface area contributed by atoms with Crippen molar-refractivity contribution >= 4 is 17.2 Å². The lowest BCUT2D eigenvalue weighted by Gasteiger charge is -2.25. The predicted molar refractivity (Wildman–Crippen MR) is 75.9 cm³/mol. The highest BCUT2D eigenvalue weighted by molar-refractivity contribution is 7.12. The summed E-state index contributed by atoms with van der Waals surface area (Å²) in [5.74, 6) is -1.21. The number of hydrogen-bond acceptors (Lipinski definition) is 2. The molecule has 1 aromatic carbocycles. The Hall–Kier alpha value is -1.75. The van der Waals surface area contributed by atoms with Crippen molar-refractivity contribution in [3.8, 4) is 0 Å². The van der Waals surface area contributed by atoms with E-state index in [0.717, 1.165) is 23.8 Å². The smallest absolute Gasteiger partial charge is 0.264 e. The molecule has 0 saturated heterocycles. The van der Waals surface area contributed by atoms with Gasteiger partial charge in [0.1, 0.15) is 11.6 Å². The lowest BCUT2D eigenvalue weighted by atomic mass is 10.1. The minimum Gasteiger partial charge on any atom is -0.334 e. The second-order valence-corrected chi connectivity index (χ2v) is 5.61. The van der Waals surface area contributed by atoms with Gasteiger partial charge in [-0.1, -0.05) is 0 Å². The van der Waals surface area contributed by atoms with Crippen LogP contribution in [-0.4, -0.2) is 17.9 Å². The zero-order valence-corrected chi connectivity index (χ0v) is 12.3. The first-order valence-corrected chi connectivity index (χ1v) is 7.06. The van der Waals surface area contributed by atoms with Crippen LogP contribution in [0.4, 0.5) is 8.78 Å². The third-order valence-electron chi connectivity index (χ3n) is 3.37. The van der Waals surface area contributed by atoms with Crippen LogP contribution < -0.4 is 0 Å². The first kappa shape index (κ1) is 14.7. The second kappa shape index (κ2) is 5.71. The molecule has 1 aromatic heterocycles. The van der Waals surface area contributed by atoms with Gasteiger partial charge < -0.3 is 4.90 Å². The highest BCUT2D eigenvalue weighted by Crippen LogP contribution is 2.26. The van der Waals surface area contributed by atoms with Crippen molar-refractivity contribution in [3.05, 3.63) is 57.3 Å². The minimum atomic E-state index is -0.542. The topological polar surface area (TPSA) is 20.3 Å². The van der Waals surface area contributed by atoms with Gasteiger partial charge >= 0.3 is 0 Å². The van der Waals surface area contributed by atoms with E-state index in [2.05, 4.69) is 0 Å². The van der Waals surface area contributed by atoms with E-state index >= 15 is 0 Å². The number of amides is 1. The van der Waals surface area contributed by atoms with Gasteiger partial charge in [-0.25, -0.2) is 8.78 Å². The summed E-state index contributed by atoms with van der Waals surface area (Å²) in [5.41, 5.74) is 1.06. The first-order chi connectivity index (χ1) is 9.41. The average Bonchev–Trinajstić information content (AvgIpc) is 2.85. The van der Waals surface area contributed by atoms with Crippen LogP contribution in [0.5, 0.6) is 0 Å². The number of carbonyl (C=O) groups is 1. The third kappa shape index (κ3) is 2.72. The molecule has 0 aliphatic carbocycles. The highest BCUT2D eigenvalue weighted by Gasteiger charge is 2.23. The van der Waals surface area contributed by atoms with Crippen LogP contribution in [-0.2, 0) is 0 Å². The van der Waals surface area contributed by atoms with Gasteiger partial charge in [-0.15, -0.1) is 11.3 Å². The molecule has 106 valence electrons. The van der Waals surface area contributed by atoms with Gasteiger partial charge in [-0.2, -0.15) is 0 Å². The van der Waals surface area contributed by atoms with Crippen molar-refractivity contribution in [1.29, 1.82) is 0 Å². The first-order valence-electron chi connectivity index (χ1n) is 6.18. The molecule has 1 amide bonds. The number of aryl methyl sites for hydroxylation is 1. The Morgan fingerprint density at radius 2 is 2.00 bits per heavy atom. The molecule has 1 unspecified atom stereocenters. The summed E-state index contributed by atoms with van der Waals surface area (Å²) in [6.07, 6.45) is 0. The molecule has 0 radical (unpaired) electrons. The van der Waals surface area contributed by atoms with E-state index in [-0.39, 0.29) is 11.5 Å². The number of hydrogen-bond donors (Lipinski definition) is 0. The van der Waals surface area contributed by atoms with Crippen LogP contribution in [0.1, 0.15) is 33.8 Å². The third-order valence-corrected chi connectivity index (χ3v) is 4.37. The fourth-order valence-electron chi connectivity index (χ4n) is 1.97. The Bertz CT molecular complexity index is 639. The van der Waals surface area contributed by atoms with Crippen LogP contribution in [0.3, 0.4) is 0 Å². The van der Waals surface area contributed by atoms with Gasteiger partial charge in [0.2, 0.25) is 0 Å². The normalized spacial score (nSPS) is 12.2. The second-order valence-electron chi connectivity index (χ2n) is 4.69. The van der Waals surface area contributed by atoms with E-state index in [1.807, 2.05) is 18.4 Å². The molecule has 2 nitrogen and oxygen atoms in total. The number of rotatable bonds is 3. The van der Waals surface area contributed by atoms with Gasteiger partial charge in [0.25, 0.3) is 5.91 Å². The van der Waals surface area contributed by atoms with Crippen LogP contribution >= 0.6 is 11.3 Å². The highest BCUT2D eigenvalue weighted by atomic mass is 32.1. The molecule has 20 heavy (non-hydrogen) atoms. The van der Waals surface area contributed by atoms with Crippen LogP contribution in [0.25, 0.3) is 0 Å². The molecule has 0 N–H and O–H groups in total. The van der Waals surface area contributed by atoms with Gasteiger partial charge in [-0.05, 0) is 49.1 Å². The van der Waals surface area contributed by atoms with E-state index in [4.69, 9.17) is 0 Å². The summed E-state index contributed by atoms with van der Waals surface area (Å²) in [4.78, 5) is 14.4. The monoisotopic (exact) mass is 295 g/mol. The fourth-order valence-corrected chi connectivity index (χ4v) is 2.88. The van der Waals surface area contributed by atoms with Crippen molar-refractivity contribution < 1.29 is 13.6 Å². The molecule has 5 heteroatoms. The number of thiophene rings is 1. The van der Waals surface area contributed by atoms with Crippen LogP contribution in [0.2, 0.25) is 0 Å². The Kier molecular flexibility index (Phi) is 4.18. The van der Waals surface area contributed by atoms with Gasteiger partial charge in [0.15, 0.2) is 0 Å². The summed E-state index contributed by atoms with van der Waals surface area (Å²) in [6.45, 7) is 3.53. The van der Waals surface area contributed by atoms with Crippen LogP contribution in [0, 0.1) is 18.6 Å². The maximum Gasteiger partial charge on any atom is 0.264 e. The Morgan fingerprint density at radius 1 is 1.30 bits per heavy atom. The van der Waals surface area contributed by atoms with E-state index < -0.39 is 17.7 Å². The lowest BCUT2D eigenvalue weighted by Crippen LogP contribution is -2.30. The number of nitrogens with zero attached hydrogens (tertiary/aromatic N) is 1. The zero-order valence-electron chi connectivity index (χ0n) is 11.5. The molecule has 0 bridgehead atoms. The molecule has 0 spiro atoms. The van der Waals surface area contributed by atoms with Crippen molar-refractivity contribution in [1.82, 2.24) is 4.90 Å². The molecular formula is C15H15F2NOS. The predicted octanol–water partition coefficient (Wildman–Crippen LogP) is 4.17. The summed E-state index contributed by atoms with van der Waals surface area (Å²) in [5, 5.41) is 1.84. The fraction of sp³-hybridized carbons (Fsp3) is 0.267. The van der Waals surface area contributed by atoms with E-state index in [0.29, 0.717) is 4.88 Å². The minimum absolute atomic E-state index is 0.176. The maximum atomic E-state index is 13.8. The van der Waals surface area contributed by atoms with Crippen molar-refractivity contribution in [3.63, 3.8) is 0 Å². The van der Waals surface area contributed by atoms with Gasteiger partial charge in [0.05, 0.1) is 10.9 Å². The van der Waals surface area contributed by atoms with Gasteiger partial charge in [0, 0.05) is 12.6 Å². The molecule has 0 aliphatic heterocycles. The number of benzene rings is 1. The molecule has 0 saturated carbocycles. The summed E-state index contributed by atoms with van der Waals surface area (Å²) in [7, 11) is 1.59. The summed E-state index contributed by atoms with van der Waals surface area (Å²) >= 11 is 1.35. The number of carbonyl (C=O) groups excluding carboxylic acids is 1. The van der Waals surface area contributed by atoms with Crippen molar-refractivity contribution in [2.24, 2.45) is 0 Å². The number of halogens is 2. The molecule has 2 rings (SSSR count). The lowest BCUT2D eigenvalue weighted by molar-refractivity contribution is 0.0744. The largest absolute Gasteiger partial charge is 0.334 e. The standard InChI is InChI=1S/C15H15F2NOS/c1-9-6-7-20-14(9)15(19)18(3)10(2)12-8-11(16)4-5-13(12)17/h4-8,10H,1-3H3. The Morgan fingerprint density at radius 3 is 2.60 bits per heavy atom. The van der Waals surface area contributed by atoms with Crippen molar-refractivity contribution in [2.45, 2.75) is 19.9 Å². The maximum absolute atomic E-state index is 13.8. The molecule has 2 aromatic rings. The van der Waals surface area contributed by atoms with Crippen LogP contribution in [0.15, 0.2) is 29.6 Å². The molecule has 0 aliphatic rings. The van der Waals surface area contributed by atoms with E-state index in [1.54, 1.807) is 14.0 Å². The SMILES string of the molecule is Cc1ccsc1C(=O)N(C)C(C)c1cc(F)ccc1F. The molecule has 0 fully saturated rings. The van der Waals surface area contributed by atoms with Crippen molar-refractivity contribution in [2.75, 3.05) is 7.05 Å². The van der Waals surface area contributed by atoms with E-state index in [1.165, 1.54) is 16.2 Å². The summed E-state index contributed by atoms with van der Waals surface area (Å²) < 4.78 is 27.0. The zero-order chi connectivity index (χ0) is 14.9. The average molecular weight is 295 g/mol. The van der Waals surface area contributed by atoms with E-state index in [9.17, 15) is 13.6 Å². The Balaban J connectivity index is 2.29.